The van der Waals surface area contributed by atoms with Crippen LogP contribution in [0.2, 0.25) is 0 Å². The van der Waals surface area contributed by atoms with Gasteiger partial charge in [0.05, 0.1) is 11.2 Å². The molecule has 1 aliphatic heterocycles. The molecule has 10 rings (SSSR count). The van der Waals surface area contributed by atoms with Crippen molar-refractivity contribution in [3.8, 4) is 16.8 Å². The number of hydrogen-bond acceptors (Lipinski definition) is 2. The van der Waals surface area contributed by atoms with E-state index in [1.165, 1.54) is 107 Å². The zero-order valence-corrected chi connectivity index (χ0v) is 35.9. The highest BCUT2D eigenvalue weighted by Gasteiger charge is 2.31. The summed E-state index contributed by atoms with van der Waals surface area (Å²) in [6, 6.07) is 42.6. The van der Waals surface area contributed by atoms with Crippen molar-refractivity contribution < 1.29 is 0 Å². The van der Waals surface area contributed by atoms with E-state index in [2.05, 4.69) is 190 Å². The number of nitrogens with zero attached hydrogens (tertiary/aromatic N) is 1. The van der Waals surface area contributed by atoms with Gasteiger partial charge < -0.3 is 4.57 Å². The summed E-state index contributed by atoms with van der Waals surface area (Å²) in [5.74, 6) is 0.223. The third kappa shape index (κ3) is 5.46. The Bertz CT molecular complexity index is 3060. The van der Waals surface area contributed by atoms with Crippen LogP contribution in [-0.4, -0.2) is 11.8 Å². The van der Waals surface area contributed by atoms with Crippen LogP contribution in [0.25, 0.3) is 68.9 Å². The maximum Gasteiger partial charge on any atom is 0.211 e. The SMILES string of the molecule is CC(c1ccc(C(C)(C)C)cc1)c1ccc(C(C)(C)C)cc1-c1ccc2c3cc4c(cc3n3c2c1[B]c1sc2ccc(C(C)(C)C)cc2c1-3)sc1ccccc14. The molecule has 0 fully saturated rings. The Morgan fingerprint density at radius 3 is 1.91 bits per heavy atom. The Labute approximate surface area is 340 Å². The lowest BCUT2D eigenvalue weighted by atomic mass is 9.62. The van der Waals surface area contributed by atoms with Crippen molar-refractivity contribution in [3.05, 3.63) is 137 Å². The molecule has 4 heteroatoms. The highest BCUT2D eigenvalue weighted by molar-refractivity contribution is 7.29. The molecular formula is C52H49BNS2. The van der Waals surface area contributed by atoms with Crippen LogP contribution in [0, 0.1) is 0 Å². The lowest BCUT2D eigenvalue weighted by Gasteiger charge is -2.27. The standard InChI is InChI=1S/C52H49BNS2/c1-29(30-15-17-31(18-16-30)50(2,3)4)34-21-19-32(51(5,6)7)25-38(34)36-22-23-37-39-27-40-35-13-11-12-14-43(35)55-45(40)28-42(39)54-47(37)46(36)53-49-48(54)41-26-33(52(8,9)10)20-24-44(41)56-49/h11-29H,1-10H3. The quantitative estimate of drug-likeness (QED) is 0.158. The lowest BCUT2D eigenvalue weighted by Crippen LogP contribution is -2.35. The normalized spacial score (nSPS) is 14.0. The van der Waals surface area contributed by atoms with Crippen LogP contribution in [0.1, 0.15) is 103 Å². The third-order valence-electron chi connectivity index (χ3n) is 12.5. The van der Waals surface area contributed by atoms with Gasteiger partial charge in [0.2, 0.25) is 7.28 Å². The molecular weight excluding hydrogens is 714 g/mol. The summed E-state index contributed by atoms with van der Waals surface area (Å²) in [7, 11) is 2.53. The minimum absolute atomic E-state index is 0.0166. The molecule has 1 aliphatic rings. The summed E-state index contributed by atoms with van der Waals surface area (Å²) in [6.45, 7) is 23.3. The molecule has 6 aromatic carbocycles. The van der Waals surface area contributed by atoms with Crippen LogP contribution < -0.4 is 10.2 Å². The first-order valence-electron chi connectivity index (χ1n) is 20.2. The van der Waals surface area contributed by atoms with Crippen LogP contribution in [0.4, 0.5) is 0 Å². The Kier molecular flexibility index (Phi) is 7.78. The zero-order chi connectivity index (χ0) is 39.1. The molecule has 3 aromatic heterocycles. The summed E-state index contributed by atoms with van der Waals surface area (Å²) >= 11 is 3.85. The third-order valence-corrected chi connectivity index (χ3v) is 14.7. The van der Waals surface area contributed by atoms with E-state index < -0.39 is 0 Å². The molecule has 0 bridgehead atoms. The minimum Gasteiger partial charge on any atom is -0.309 e. The highest BCUT2D eigenvalue weighted by atomic mass is 32.1. The first kappa shape index (κ1) is 35.8. The van der Waals surface area contributed by atoms with Gasteiger partial charge in [-0.25, -0.2) is 0 Å². The summed E-state index contributed by atoms with van der Waals surface area (Å²) in [6.07, 6.45) is 0. The molecule has 0 saturated carbocycles. The molecule has 0 aliphatic carbocycles. The fourth-order valence-corrected chi connectivity index (χ4v) is 11.3. The van der Waals surface area contributed by atoms with Gasteiger partial charge in [-0.3, -0.25) is 0 Å². The predicted octanol–water partition coefficient (Wildman–Crippen LogP) is 14.0. The fourth-order valence-electron chi connectivity index (χ4n) is 9.08. The first-order chi connectivity index (χ1) is 26.6. The number of thiophene rings is 2. The molecule has 1 radical (unpaired) electrons. The van der Waals surface area contributed by atoms with E-state index in [-0.39, 0.29) is 22.2 Å². The van der Waals surface area contributed by atoms with Crippen molar-refractivity contribution in [2.45, 2.75) is 91.4 Å². The zero-order valence-electron chi connectivity index (χ0n) is 34.3. The molecule has 0 amide bonds. The van der Waals surface area contributed by atoms with E-state index in [9.17, 15) is 0 Å². The Morgan fingerprint density at radius 2 is 1.18 bits per heavy atom. The lowest BCUT2D eigenvalue weighted by molar-refractivity contribution is 0.589. The van der Waals surface area contributed by atoms with Crippen molar-refractivity contribution in [1.29, 1.82) is 0 Å². The number of benzene rings is 6. The Balaban J connectivity index is 1.28. The van der Waals surface area contributed by atoms with Crippen molar-refractivity contribution in [3.63, 3.8) is 0 Å². The molecule has 0 N–H and O–H groups in total. The van der Waals surface area contributed by atoms with Gasteiger partial charge in [0.1, 0.15) is 0 Å². The van der Waals surface area contributed by atoms with Crippen molar-refractivity contribution in [1.82, 2.24) is 4.57 Å². The molecule has 9 aromatic rings. The van der Waals surface area contributed by atoms with Crippen molar-refractivity contribution >= 4 is 92.3 Å². The average molecular weight is 763 g/mol. The molecule has 277 valence electrons. The molecule has 0 spiro atoms. The van der Waals surface area contributed by atoms with E-state index in [4.69, 9.17) is 0 Å². The van der Waals surface area contributed by atoms with Gasteiger partial charge in [-0.2, -0.15) is 0 Å². The number of aromatic nitrogens is 1. The first-order valence-corrected chi connectivity index (χ1v) is 21.8. The van der Waals surface area contributed by atoms with Gasteiger partial charge in [-0.1, -0.05) is 148 Å². The number of hydrogen-bond donors (Lipinski definition) is 0. The molecule has 1 nitrogen and oxygen atoms in total. The Hall–Kier alpha value is -4.64. The summed E-state index contributed by atoms with van der Waals surface area (Å²) in [5.41, 5.74) is 14.9. The summed E-state index contributed by atoms with van der Waals surface area (Å²) in [4.78, 5) is 0. The maximum absolute atomic E-state index is 2.65. The number of rotatable bonds is 3. The van der Waals surface area contributed by atoms with Gasteiger partial charge in [0.25, 0.3) is 0 Å². The second kappa shape index (κ2) is 12.2. The monoisotopic (exact) mass is 762 g/mol. The van der Waals surface area contributed by atoms with E-state index in [1.807, 2.05) is 22.7 Å². The van der Waals surface area contributed by atoms with Gasteiger partial charge in [0, 0.05) is 52.5 Å². The number of fused-ring (bicyclic) bond motifs is 10. The van der Waals surface area contributed by atoms with Crippen LogP contribution in [0.3, 0.4) is 0 Å². The summed E-state index contributed by atoms with van der Waals surface area (Å²) < 4.78 is 8.02. The van der Waals surface area contributed by atoms with Gasteiger partial charge >= 0.3 is 0 Å². The summed E-state index contributed by atoms with van der Waals surface area (Å²) in [5, 5.41) is 6.69. The Morgan fingerprint density at radius 1 is 0.518 bits per heavy atom. The van der Waals surface area contributed by atoms with Crippen LogP contribution in [0.15, 0.2) is 109 Å². The largest absolute Gasteiger partial charge is 0.309 e. The molecule has 1 atom stereocenters. The van der Waals surface area contributed by atoms with Crippen LogP contribution in [-0.2, 0) is 16.2 Å². The maximum atomic E-state index is 2.65. The van der Waals surface area contributed by atoms with Crippen molar-refractivity contribution in [2.75, 3.05) is 0 Å². The van der Waals surface area contributed by atoms with E-state index in [0.717, 1.165) is 0 Å². The smallest absolute Gasteiger partial charge is 0.211 e. The topological polar surface area (TPSA) is 4.93 Å². The second-order valence-electron chi connectivity index (χ2n) is 19.3. The van der Waals surface area contributed by atoms with Crippen LogP contribution in [0.5, 0.6) is 0 Å². The molecule has 1 unspecified atom stereocenters. The van der Waals surface area contributed by atoms with E-state index >= 15 is 0 Å². The van der Waals surface area contributed by atoms with Crippen LogP contribution >= 0.6 is 22.7 Å². The van der Waals surface area contributed by atoms with E-state index in [1.54, 1.807) is 0 Å². The van der Waals surface area contributed by atoms with Gasteiger partial charge in [-0.15, -0.1) is 22.7 Å². The van der Waals surface area contributed by atoms with Gasteiger partial charge in [0.15, 0.2) is 0 Å². The van der Waals surface area contributed by atoms with Gasteiger partial charge in [-0.05, 0) is 95.8 Å². The average Bonchev–Trinajstić information content (AvgIpc) is 3.81. The molecule has 0 saturated heterocycles. The van der Waals surface area contributed by atoms with Crippen molar-refractivity contribution in [2.24, 2.45) is 0 Å². The fraction of sp³-hybridized carbons (Fsp3) is 0.269. The predicted molar refractivity (Wildman–Crippen MR) is 250 cm³/mol. The van der Waals surface area contributed by atoms with E-state index in [0.29, 0.717) is 0 Å². The molecule has 4 heterocycles. The molecule has 56 heavy (non-hydrogen) atoms. The second-order valence-corrected chi connectivity index (χ2v) is 21.5. The highest BCUT2D eigenvalue weighted by Crippen LogP contribution is 2.45. The minimum atomic E-state index is 0.0166.